The molecule has 6 nitrogen and oxygen atoms in total. The van der Waals surface area contributed by atoms with Crippen molar-refractivity contribution in [3.05, 3.63) is 83.8 Å². The van der Waals surface area contributed by atoms with Crippen LogP contribution in [0.5, 0.6) is 5.75 Å². The van der Waals surface area contributed by atoms with Crippen LogP contribution in [0.3, 0.4) is 0 Å². The van der Waals surface area contributed by atoms with Crippen LogP contribution >= 0.6 is 0 Å². The Morgan fingerprint density at radius 2 is 2.06 bits per heavy atom. The van der Waals surface area contributed by atoms with E-state index in [1.54, 1.807) is 7.11 Å². The molecule has 0 saturated carbocycles. The van der Waals surface area contributed by atoms with Gasteiger partial charge in [0.05, 0.1) is 31.3 Å². The molecule has 3 heterocycles. The highest BCUT2D eigenvalue weighted by Gasteiger charge is 2.22. The number of anilines is 2. The SMILES string of the molecule is COc1ccccc1/C=C/CN1CCO[C@@H](c2ccc(Nc3cccc(C)n3)cn2)C1. The highest BCUT2D eigenvalue weighted by atomic mass is 16.5. The molecule has 0 unspecified atom stereocenters. The molecule has 0 amide bonds. The smallest absolute Gasteiger partial charge is 0.130 e. The number of aromatic nitrogens is 2. The van der Waals surface area contributed by atoms with Gasteiger partial charge in [-0.15, -0.1) is 0 Å². The first kappa shape index (κ1) is 21.0. The molecule has 0 bridgehead atoms. The molecule has 1 aliphatic heterocycles. The molecule has 1 aromatic carbocycles. The fourth-order valence-electron chi connectivity index (χ4n) is 3.61. The lowest BCUT2D eigenvalue weighted by Gasteiger charge is -2.31. The third-order valence-electron chi connectivity index (χ3n) is 5.23. The normalized spacial score (nSPS) is 17.0. The number of methoxy groups -OCH3 is 1. The monoisotopic (exact) mass is 416 g/mol. The van der Waals surface area contributed by atoms with Crippen molar-refractivity contribution in [2.75, 3.05) is 38.7 Å². The Balaban J connectivity index is 1.34. The summed E-state index contributed by atoms with van der Waals surface area (Å²) in [6, 6.07) is 18.0. The van der Waals surface area contributed by atoms with E-state index < -0.39 is 0 Å². The summed E-state index contributed by atoms with van der Waals surface area (Å²) in [4.78, 5) is 11.5. The quantitative estimate of drug-likeness (QED) is 0.606. The zero-order chi connectivity index (χ0) is 21.5. The molecule has 1 saturated heterocycles. The van der Waals surface area contributed by atoms with Crippen molar-refractivity contribution < 1.29 is 9.47 Å². The van der Waals surface area contributed by atoms with Crippen LogP contribution in [0.2, 0.25) is 0 Å². The Morgan fingerprint density at radius 1 is 1.16 bits per heavy atom. The van der Waals surface area contributed by atoms with Gasteiger partial charge in [-0.25, -0.2) is 4.98 Å². The van der Waals surface area contributed by atoms with Gasteiger partial charge in [0.2, 0.25) is 0 Å². The van der Waals surface area contributed by atoms with Crippen LogP contribution in [-0.2, 0) is 4.74 Å². The summed E-state index contributed by atoms with van der Waals surface area (Å²) in [5.41, 5.74) is 3.92. The summed E-state index contributed by atoms with van der Waals surface area (Å²) in [5, 5.41) is 3.29. The van der Waals surface area contributed by atoms with Gasteiger partial charge in [0.1, 0.15) is 17.7 Å². The van der Waals surface area contributed by atoms with Crippen molar-refractivity contribution in [3.63, 3.8) is 0 Å². The Labute approximate surface area is 183 Å². The van der Waals surface area contributed by atoms with Gasteiger partial charge in [-0.3, -0.25) is 9.88 Å². The predicted octanol–water partition coefficient (Wildman–Crippen LogP) is 4.62. The summed E-state index contributed by atoms with van der Waals surface area (Å²) in [7, 11) is 1.70. The average molecular weight is 417 g/mol. The maximum atomic E-state index is 5.99. The number of para-hydroxylation sites is 1. The second-order valence-electron chi connectivity index (χ2n) is 7.52. The molecule has 1 N–H and O–H groups in total. The van der Waals surface area contributed by atoms with Crippen LogP contribution in [0, 0.1) is 6.92 Å². The first-order valence-electron chi connectivity index (χ1n) is 10.5. The van der Waals surface area contributed by atoms with Crippen molar-refractivity contribution in [2.24, 2.45) is 0 Å². The van der Waals surface area contributed by atoms with E-state index in [4.69, 9.17) is 9.47 Å². The molecule has 3 aromatic rings. The molecule has 31 heavy (non-hydrogen) atoms. The largest absolute Gasteiger partial charge is 0.496 e. The number of nitrogens with one attached hydrogen (secondary N) is 1. The van der Waals surface area contributed by atoms with E-state index in [0.717, 1.165) is 53.8 Å². The van der Waals surface area contributed by atoms with Gasteiger partial charge in [0, 0.05) is 30.9 Å². The number of benzene rings is 1. The zero-order valence-electron chi connectivity index (χ0n) is 18.0. The van der Waals surface area contributed by atoms with Crippen LogP contribution in [-0.4, -0.2) is 48.2 Å². The number of hydrogen-bond donors (Lipinski definition) is 1. The number of ether oxygens (including phenoxy) is 2. The van der Waals surface area contributed by atoms with Crippen molar-refractivity contribution in [2.45, 2.75) is 13.0 Å². The van der Waals surface area contributed by atoms with Crippen LogP contribution in [0.1, 0.15) is 23.1 Å². The number of rotatable bonds is 7. The van der Waals surface area contributed by atoms with Gasteiger partial charge in [-0.2, -0.15) is 0 Å². The number of hydrogen-bond acceptors (Lipinski definition) is 6. The van der Waals surface area contributed by atoms with Crippen molar-refractivity contribution in [3.8, 4) is 5.75 Å². The number of aryl methyl sites for hydroxylation is 1. The number of pyridine rings is 2. The molecule has 6 heteroatoms. The number of morpholine rings is 1. The second-order valence-corrected chi connectivity index (χ2v) is 7.52. The lowest BCUT2D eigenvalue weighted by atomic mass is 10.1. The molecule has 1 atom stereocenters. The third-order valence-corrected chi connectivity index (χ3v) is 5.23. The summed E-state index contributed by atoms with van der Waals surface area (Å²) in [6.45, 7) is 5.25. The topological polar surface area (TPSA) is 59.5 Å². The number of nitrogens with zero attached hydrogens (tertiary/aromatic N) is 3. The molecular formula is C25H28N4O2. The van der Waals surface area contributed by atoms with Crippen LogP contribution in [0.25, 0.3) is 6.08 Å². The first-order chi connectivity index (χ1) is 15.2. The third kappa shape index (κ3) is 5.69. The van der Waals surface area contributed by atoms with Crippen molar-refractivity contribution in [1.82, 2.24) is 14.9 Å². The van der Waals surface area contributed by atoms with Crippen LogP contribution in [0.4, 0.5) is 11.5 Å². The summed E-state index contributed by atoms with van der Waals surface area (Å²) < 4.78 is 11.4. The van der Waals surface area contributed by atoms with Gasteiger partial charge >= 0.3 is 0 Å². The summed E-state index contributed by atoms with van der Waals surface area (Å²) in [6.07, 6.45) is 6.10. The van der Waals surface area contributed by atoms with Gasteiger partial charge in [0.15, 0.2) is 0 Å². The van der Waals surface area contributed by atoms with Gasteiger partial charge < -0.3 is 14.8 Å². The minimum absolute atomic E-state index is 0.0282. The molecule has 160 valence electrons. The molecule has 1 fully saturated rings. The van der Waals surface area contributed by atoms with Gasteiger partial charge in [0.25, 0.3) is 0 Å². The molecular weight excluding hydrogens is 388 g/mol. The van der Waals surface area contributed by atoms with Crippen molar-refractivity contribution >= 4 is 17.6 Å². The van der Waals surface area contributed by atoms with E-state index in [-0.39, 0.29) is 6.10 Å². The van der Waals surface area contributed by atoms with Gasteiger partial charge in [-0.05, 0) is 37.3 Å². The Kier molecular flexibility index (Phi) is 6.92. The van der Waals surface area contributed by atoms with E-state index in [1.165, 1.54) is 0 Å². The molecule has 0 radical (unpaired) electrons. The van der Waals surface area contributed by atoms with E-state index in [9.17, 15) is 0 Å². The molecule has 0 aliphatic carbocycles. The van der Waals surface area contributed by atoms with E-state index in [1.807, 2.05) is 61.7 Å². The Morgan fingerprint density at radius 3 is 2.87 bits per heavy atom. The average Bonchev–Trinajstić information content (AvgIpc) is 2.80. The van der Waals surface area contributed by atoms with Gasteiger partial charge in [-0.1, -0.05) is 36.4 Å². The molecule has 0 spiro atoms. The van der Waals surface area contributed by atoms with E-state index in [2.05, 4.69) is 38.4 Å². The lowest BCUT2D eigenvalue weighted by Crippen LogP contribution is -2.38. The lowest BCUT2D eigenvalue weighted by molar-refractivity contribution is -0.0281. The standard InChI is InChI=1S/C25H28N4O2/c1-19-7-5-11-25(27-19)28-21-12-13-22(26-17-21)24-18-29(15-16-31-24)14-6-9-20-8-3-4-10-23(20)30-2/h3-13,17,24H,14-16,18H2,1-2H3,(H,27,28)/b9-6+/t24-/m1/s1. The predicted molar refractivity (Wildman–Crippen MR) is 124 cm³/mol. The maximum absolute atomic E-state index is 5.99. The second kappa shape index (κ2) is 10.2. The van der Waals surface area contributed by atoms with E-state index in [0.29, 0.717) is 6.61 Å². The van der Waals surface area contributed by atoms with Crippen LogP contribution < -0.4 is 10.1 Å². The minimum Gasteiger partial charge on any atom is -0.496 e. The minimum atomic E-state index is -0.0282. The maximum Gasteiger partial charge on any atom is 0.130 e. The fraction of sp³-hybridized carbons (Fsp3) is 0.280. The Hall–Kier alpha value is -3.22. The molecule has 1 aliphatic rings. The van der Waals surface area contributed by atoms with Crippen molar-refractivity contribution in [1.29, 1.82) is 0 Å². The highest BCUT2D eigenvalue weighted by molar-refractivity contribution is 5.57. The van der Waals surface area contributed by atoms with Crippen LogP contribution in [0.15, 0.2) is 66.9 Å². The summed E-state index contributed by atoms with van der Waals surface area (Å²) >= 11 is 0. The fourth-order valence-corrected chi connectivity index (χ4v) is 3.61. The molecule has 4 rings (SSSR count). The summed E-state index contributed by atoms with van der Waals surface area (Å²) in [5.74, 6) is 1.70. The molecule has 2 aromatic heterocycles. The first-order valence-corrected chi connectivity index (χ1v) is 10.5. The zero-order valence-corrected chi connectivity index (χ0v) is 18.0. The Bertz CT molecular complexity index is 1020. The highest BCUT2D eigenvalue weighted by Crippen LogP contribution is 2.23. The van der Waals surface area contributed by atoms with E-state index >= 15 is 0 Å².